The monoisotopic (exact) mass is 313 g/mol. The maximum Gasteiger partial charge on any atom is 0.264 e. The minimum Gasteiger partial charge on any atom is -0.383 e. The van der Waals surface area contributed by atoms with Crippen LogP contribution in [0.4, 0.5) is 10.1 Å². The van der Waals surface area contributed by atoms with E-state index in [4.69, 9.17) is 4.74 Å². The molecule has 114 valence electrons. The molecular formula is C13H16FN3O3S. The second kappa shape index (κ2) is 6.23. The summed E-state index contributed by atoms with van der Waals surface area (Å²) in [4.78, 5) is -0.382. The van der Waals surface area contributed by atoms with Crippen molar-refractivity contribution in [3.63, 3.8) is 0 Å². The van der Waals surface area contributed by atoms with E-state index >= 15 is 0 Å². The Balaban J connectivity index is 2.21. The molecule has 21 heavy (non-hydrogen) atoms. The number of hydrogen-bond donors (Lipinski definition) is 1. The Labute approximate surface area is 122 Å². The van der Waals surface area contributed by atoms with Crippen molar-refractivity contribution < 1.29 is 17.5 Å². The van der Waals surface area contributed by atoms with Crippen LogP contribution < -0.4 is 4.72 Å². The van der Waals surface area contributed by atoms with Gasteiger partial charge in [0.1, 0.15) is 10.7 Å². The maximum atomic E-state index is 13.7. The topological polar surface area (TPSA) is 73.2 Å². The first-order chi connectivity index (χ1) is 9.92. The number of methoxy groups -OCH3 is 1. The first-order valence-corrected chi connectivity index (χ1v) is 7.71. The third-order valence-electron chi connectivity index (χ3n) is 2.79. The number of nitrogens with one attached hydrogen (secondary N) is 1. The van der Waals surface area contributed by atoms with Crippen molar-refractivity contribution in [1.29, 1.82) is 0 Å². The molecule has 2 aromatic rings. The number of aryl methyl sites for hydroxylation is 1. The number of sulfonamides is 1. The molecule has 0 bridgehead atoms. The zero-order valence-electron chi connectivity index (χ0n) is 11.7. The summed E-state index contributed by atoms with van der Waals surface area (Å²) in [6.45, 7) is 2.65. The molecule has 0 saturated heterocycles. The molecule has 0 unspecified atom stereocenters. The van der Waals surface area contributed by atoms with Gasteiger partial charge in [-0.2, -0.15) is 5.10 Å². The minimum atomic E-state index is -3.98. The minimum absolute atomic E-state index is 0.270. The van der Waals surface area contributed by atoms with Gasteiger partial charge in [0.05, 0.1) is 25.0 Å². The highest BCUT2D eigenvalue weighted by molar-refractivity contribution is 7.92. The number of anilines is 1. The van der Waals surface area contributed by atoms with Crippen molar-refractivity contribution in [2.45, 2.75) is 18.4 Å². The summed E-state index contributed by atoms with van der Waals surface area (Å²) in [5.74, 6) is -0.792. The number of benzene rings is 1. The van der Waals surface area contributed by atoms with Crippen LogP contribution in [0, 0.1) is 12.7 Å². The number of hydrogen-bond acceptors (Lipinski definition) is 4. The molecule has 0 radical (unpaired) electrons. The number of rotatable bonds is 6. The molecular weight excluding hydrogens is 297 g/mol. The zero-order valence-corrected chi connectivity index (χ0v) is 12.5. The normalized spacial score (nSPS) is 11.6. The van der Waals surface area contributed by atoms with Gasteiger partial charge in [-0.15, -0.1) is 0 Å². The van der Waals surface area contributed by atoms with Gasteiger partial charge in [0, 0.05) is 13.3 Å². The molecule has 0 aliphatic carbocycles. The quantitative estimate of drug-likeness (QED) is 0.882. The molecule has 1 aromatic heterocycles. The standard InChI is InChI=1S/C13H16FN3O3S/c1-10-3-4-12(14)13(7-10)21(18,19)16-11-8-15-17(9-11)5-6-20-2/h3-4,7-9,16H,5-6H2,1-2H3. The molecule has 0 amide bonds. The third kappa shape index (κ3) is 3.79. The number of ether oxygens (including phenoxy) is 1. The highest BCUT2D eigenvalue weighted by Gasteiger charge is 2.19. The fourth-order valence-corrected chi connectivity index (χ4v) is 2.94. The largest absolute Gasteiger partial charge is 0.383 e. The fourth-order valence-electron chi connectivity index (χ4n) is 1.75. The SMILES string of the molecule is COCCn1cc(NS(=O)(=O)c2cc(C)ccc2F)cn1. The molecule has 2 rings (SSSR count). The molecule has 0 fully saturated rings. The van der Waals surface area contributed by atoms with Crippen molar-refractivity contribution in [2.24, 2.45) is 0 Å². The lowest BCUT2D eigenvalue weighted by Crippen LogP contribution is -2.14. The molecule has 0 aliphatic heterocycles. The van der Waals surface area contributed by atoms with Crippen LogP contribution in [0.25, 0.3) is 0 Å². The van der Waals surface area contributed by atoms with E-state index in [2.05, 4.69) is 9.82 Å². The van der Waals surface area contributed by atoms with Crippen molar-refractivity contribution in [2.75, 3.05) is 18.4 Å². The van der Waals surface area contributed by atoms with Crippen LogP contribution in [0.2, 0.25) is 0 Å². The van der Waals surface area contributed by atoms with E-state index in [0.717, 1.165) is 6.07 Å². The molecule has 0 aliphatic rings. The second-order valence-electron chi connectivity index (χ2n) is 4.52. The summed E-state index contributed by atoms with van der Waals surface area (Å²) in [6, 6.07) is 3.93. The Hall–Kier alpha value is -1.93. The average molecular weight is 313 g/mol. The molecule has 1 aromatic carbocycles. The lowest BCUT2D eigenvalue weighted by molar-refractivity contribution is 0.183. The number of halogens is 1. The summed E-state index contributed by atoms with van der Waals surface area (Å²) in [7, 11) is -2.42. The van der Waals surface area contributed by atoms with Crippen LogP contribution in [0.5, 0.6) is 0 Å². The zero-order chi connectivity index (χ0) is 15.5. The van der Waals surface area contributed by atoms with Crippen LogP contribution in [0.3, 0.4) is 0 Å². The Morgan fingerprint density at radius 1 is 1.43 bits per heavy atom. The van der Waals surface area contributed by atoms with Crippen LogP contribution in [0.1, 0.15) is 5.56 Å². The van der Waals surface area contributed by atoms with Gasteiger partial charge < -0.3 is 4.74 Å². The summed E-state index contributed by atoms with van der Waals surface area (Å²) < 4.78 is 46.8. The molecule has 1 heterocycles. The summed E-state index contributed by atoms with van der Waals surface area (Å²) >= 11 is 0. The highest BCUT2D eigenvalue weighted by Crippen LogP contribution is 2.19. The van der Waals surface area contributed by atoms with E-state index < -0.39 is 15.8 Å². The van der Waals surface area contributed by atoms with Gasteiger partial charge >= 0.3 is 0 Å². The molecule has 6 nitrogen and oxygen atoms in total. The predicted octanol–water partition coefficient (Wildman–Crippen LogP) is 1.78. The van der Waals surface area contributed by atoms with E-state index in [1.54, 1.807) is 14.0 Å². The fraction of sp³-hybridized carbons (Fsp3) is 0.308. The van der Waals surface area contributed by atoms with Gasteiger partial charge in [0.2, 0.25) is 0 Å². The third-order valence-corrected chi connectivity index (χ3v) is 4.18. The van der Waals surface area contributed by atoms with Crippen molar-refractivity contribution >= 4 is 15.7 Å². The van der Waals surface area contributed by atoms with Gasteiger partial charge in [-0.05, 0) is 24.6 Å². The first kappa shape index (κ1) is 15.5. The Bertz CT molecular complexity index is 728. The number of nitrogens with zero attached hydrogens (tertiary/aromatic N) is 2. The lowest BCUT2D eigenvalue weighted by atomic mass is 10.2. The Morgan fingerprint density at radius 3 is 2.90 bits per heavy atom. The van der Waals surface area contributed by atoms with Crippen molar-refractivity contribution in [1.82, 2.24) is 9.78 Å². The first-order valence-electron chi connectivity index (χ1n) is 6.23. The van der Waals surface area contributed by atoms with Crippen molar-refractivity contribution in [3.8, 4) is 0 Å². The lowest BCUT2D eigenvalue weighted by Gasteiger charge is -2.07. The molecule has 8 heteroatoms. The van der Waals surface area contributed by atoms with Crippen molar-refractivity contribution in [3.05, 3.63) is 42.0 Å². The van der Waals surface area contributed by atoms with Gasteiger partial charge in [0.25, 0.3) is 10.0 Å². The van der Waals surface area contributed by atoms with E-state index in [9.17, 15) is 12.8 Å². The van der Waals surface area contributed by atoms with Gasteiger partial charge in [-0.1, -0.05) is 6.07 Å². The molecule has 1 N–H and O–H groups in total. The van der Waals surface area contributed by atoms with E-state index in [0.29, 0.717) is 18.7 Å². The molecule has 0 saturated carbocycles. The smallest absolute Gasteiger partial charge is 0.264 e. The maximum absolute atomic E-state index is 13.7. The van der Waals surface area contributed by atoms with Crippen LogP contribution in [-0.2, 0) is 21.3 Å². The van der Waals surface area contributed by atoms with Gasteiger partial charge in [-0.25, -0.2) is 12.8 Å². The Kier molecular flexibility index (Phi) is 4.59. The summed E-state index contributed by atoms with van der Waals surface area (Å²) in [6.07, 6.45) is 2.88. The van der Waals surface area contributed by atoms with E-state index in [1.807, 2.05) is 0 Å². The van der Waals surface area contributed by atoms with Gasteiger partial charge in [-0.3, -0.25) is 9.40 Å². The Morgan fingerprint density at radius 2 is 2.19 bits per heavy atom. The van der Waals surface area contributed by atoms with Crippen LogP contribution in [-0.4, -0.2) is 31.9 Å². The van der Waals surface area contributed by atoms with E-state index in [1.165, 1.54) is 29.2 Å². The van der Waals surface area contributed by atoms with Crippen LogP contribution in [0.15, 0.2) is 35.5 Å². The second-order valence-corrected chi connectivity index (χ2v) is 6.18. The molecule has 0 atom stereocenters. The summed E-state index contributed by atoms with van der Waals surface area (Å²) in [5.41, 5.74) is 0.930. The average Bonchev–Trinajstić information content (AvgIpc) is 2.86. The molecule has 0 spiro atoms. The summed E-state index contributed by atoms with van der Waals surface area (Å²) in [5, 5.41) is 3.99. The van der Waals surface area contributed by atoms with Crippen LogP contribution >= 0.6 is 0 Å². The predicted molar refractivity (Wildman–Crippen MR) is 76.0 cm³/mol. The van der Waals surface area contributed by atoms with E-state index in [-0.39, 0.29) is 10.6 Å². The highest BCUT2D eigenvalue weighted by atomic mass is 32.2. The van der Waals surface area contributed by atoms with Gasteiger partial charge in [0.15, 0.2) is 0 Å². The number of aromatic nitrogens is 2.